The van der Waals surface area contributed by atoms with Crippen LogP contribution in [0.4, 0.5) is 0 Å². The molecule has 0 amide bonds. The van der Waals surface area contributed by atoms with Crippen LogP contribution in [0.15, 0.2) is 35.0 Å². The highest BCUT2D eigenvalue weighted by Crippen LogP contribution is 2.28. The maximum Gasteiger partial charge on any atom is 0.0638 e. The summed E-state index contributed by atoms with van der Waals surface area (Å²) >= 11 is 3.05. The molecule has 0 radical (unpaired) electrons. The smallest absolute Gasteiger partial charge is 0.0638 e. The summed E-state index contributed by atoms with van der Waals surface area (Å²) < 4.78 is 15.1. The van der Waals surface area contributed by atoms with Crippen molar-refractivity contribution < 1.29 is 2.74 Å². The highest BCUT2D eigenvalue weighted by molar-refractivity contribution is 7.20. The molecule has 0 N–H and O–H groups in total. The lowest BCUT2D eigenvalue weighted by molar-refractivity contribution is 1.93. The monoisotopic (exact) mass is 168 g/mol. The molecule has 0 atom stereocenters. The van der Waals surface area contributed by atoms with Gasteiger partial charge >= 0.3 is 0 Å². The van der Waals surface area contributed by atoms with Crippen LogP contribution in [0.1, 0.15) is 2.74 Å². The van der Waals surface area contributed by atoms with E-state index in [1.165, 1.54) is 22.7 Å². The summed E-state index contributed by atoms with van der Waals surface area (Å²) in [6, 6.07) is 4.57. The Labute approximate surface area is 70.6 Å². The molecular formula is C8H6S2. The molecule has 2 aromatic rings. The van der Waals surface area contributed by atoms with E-state index in [0.29, 0.717) is 12.1 Å². The van der Waals surface area contributed by atoms with Gasteiger partial charge in [-0.3, -0.25) is 0 Å². The van der Waals surface area contributed by atoms with Crippen LogP contribution in [0.25, 0.3) is 9.75 Å². The topological polar surface area (TPSA) is 0 Å². The molecule has 0 nitrogen and oxygen atoms in total. The van der Waals surface area contributed by atoms with Gasteiger partial charge in [-0.1, -0.05) is 12.1 Å². The van der Waals surface area contributed by atoms with E-state index in [4.69, 9.17) is 2.74 Å². The van der Waals surface area contributed by atoms with Crippen molar-refractivity contribution in [3.8, 4) is 9.75 Å². The Bertz CT molecular complexity index is 351. The third-order valence-electron chi connectivity index (χ3n) is 1.14. The SMILES string of the molecule is [2H]c1ccsc1-c1sccc1[2H]. The fourth-order valence-electron chi connectivity index (χ4n) is 0.730. The molecule has 0 aromatic carbocycles. The van der Waals surface area contributed by atoms with Crippen molar-refractivity contribution in [2.24, 2.45) is 0 Å². The maximum atomic E-state index is 7.56. The van der Waals surface area contributed by atoms with Crippen LogP contribution in [0, 0.1) is 0 Å². The molecule has 2 rings (SSSR count). The maximum absolute atomic E-state index is 7.56. The molecule has 2 heteroatoms. The Hall–Kier alpha value is -0.600. The molecule has 0 spiro atoms. The molecule has 0 saturated heterocycles. The summed E-state index contributed by atoms with van der Waals surface area (Å²) in [6.07, 6.45) is 0. The van der Waals surface area contributed by atoms with E-state index in [1.807, 2.05) is 10.8 Å². The summed E-state index contributed by atoms with van der Waals surface area (Å²) in [7, 11) is 0. The molecule has 0 aliphatic heterocycles. The van der Waals surface area contributed by atoms with Crippen LogP contribution in [-0.2, 0) is 0 Å². The van der Waals surface area contributed by atoms with Gasteiger partial charge in [0.2, 0.25) is 0 Å². The van der Waals surface area contributed by atoms with Crippen LogP contribution >= 0.6 is 22.7 Å². The average molecular weight is 168 g/mol. The minimum absolute atomic E-state index is 0.524. The summed E-state index contributed by atoms with van der Waals surface area (Å²) in [6.45, 7) is 0. The van der Waals surface area contributed by atoms with Crippen LogP contribution in [0.5, 0.6) is 0 Å². The van der Waals surface area contributed by atoms with Gasteiger partial charge in [0.25, 0.3) is 0 Å². The van der Waals surface area contributed by atoms with Crippen molar-refractivity contribution in [3.05, 3.63) is 35.0 Å². The zero-order chi connectivity index (χ0) is 8.55. The van der Waals surface area contributed by atoms with Crippen LogP contribution in [0.3, 0.4) is 0 Å². The largest absolute Gasteiger partial charge is 0.143 e. The van der Waals surface area contributed by atoms with E-state index in [0.717, 1.165) is 9.75 Å². The van der Waals surface area contributed by atoms with Crippen LogP contribution < -0.4 is 0 Å². The highest BCUT2D eigenvalue weighted by atomic mass is 32.1. The van der Waals surface area contributed by atoms with Gasteiger partial charge in [-0.15, -0.1) is 22.7 Å². The van der Waals surface area contributed by atoms with E-state index in [2.05, 4.69) is 0 Å². The molecular weight excluding hydrogens is 160 g/mol. The van der Waals surface area contributed by atoms with Crippen molar-refractivity contribution in [1.29, 1.82) is 0 Å². The van der Waals surface area contributed by atoms with E-state index in [1.54, 1.807) is 12.1 Å². The first-order valence-electron chi connectivity index (χ1n) is 3.87. The quantitative estimate of drug-likeness (QED) is 0.611. The Balaban J connectivity index is 2.57. The Morgan fingerprint density at radius 2 is 1.50 bits per heavy atom. The van der Waals surface area contributed by atoms with Crippen LogP contribution in [0.2, 0.25) is 0 Å². The number of rotatable bonds is 1. The second kappa shape index (κ2) is 2.56. The average Bonchev–Trinajstić information content (AvgIpc) is 2.59. The van der Waals surface area contributed by atoms with Crippen molar-refractivity contribution in [3.63, 3.8) is 0 Å². The molecule has 0 aliphatic rings. The second-order valence-corrected chi connectivity index (χ2v) is 3.62. The summed E-state index contributed by atoms with van der Waals surface area (Å²) in [4.78, 5) is 1.82. The second-order valence-electron chi connectivity index (χ2n) is 1.79. The number of hydrogen-bond acceptors (Lipinski definition) is 2. The minimum Gasteiger partial charge on any atom is -0.143 e. The van der Waals surface area contributed by atoms with Gasteiger partial charge in [0, 0.05) is 9.75 Å². The van der Waals surface area contributed by atoms with Crippen molar-refractivity contribution in [2.45, 2.75) is 0 Å². The Kier molecular flexibility index (Phi) is 1.11. The van der Waals surface area contributed by atoms with Gasteiger partial charge in [-0.05, 0) is 22.8 Å². The lowest BCUT2D eigenvalue weighted by Crippen LogP contribution is -1.55. The first-order valence-corrected chi connectivity index (χ1v) is 4.63. The highest BCUT2D eigenvalue weighted by Gasteiger charge is 1.96. The van der Waals surface area contributed by atoms with Crippen LogP contribution in [-0.4, -0.2) is 0 Å². The molecule has 0 saturated carbocycles. The van der Waals surface area contributed by atoms with Gasteiger partial charge in [0.05, 0.1) is 2.74 Å². The first kappa shape index (κ1) is 4.31. The summed E-state index contributed by atoms with van der Waals surface area (Å²) in [5.41, 5.74) is 0. The predicted octanol–water partition coefficient (Wildman–Crippen LogP) is 3.48. The molecule has 0 fully saturated rings. The lowest BCUT2D eigenvalue weighted by Gasteiger charge is -1.84. The van der Waals surface area contributed by atoms with Crippen molar-refractivity contribution >= 4 is 22.7 Å². The van der Waals surface area contributed by atoms with Crippen molar-refractivity contribution in [1.82, 2.24) is 0 Å². The lowest BCUT2D eigenvalue weighted by atomic mass is 10.4. The molecule has 50 valence electrons. The zero-order valence-electron chi connectivity index (χ0n) is 7.13. The van der Waals surface area contributed by atoms with E-state index < -0.39 is 0 Å². The standard InChI is InChI=1S/C8H6S2/c1-3-7(9-5-1)8-4-2-6-10-8/h1-6H/i3D,4D. The molecule has 0 bridgehead atoms. The van der Waals surface area contributed by atoms with Gasteiger partial charge in [-0.2, -0.15) is 0 Å². The zero-order valence-corrected chi connectivity index (χ0v) is 6.76. The van der Waals surface area contributed by atoms with Gasteiger partial charge < -0.3 is 0 Å². The normalized spacial score (nSPS) is 12.8. The predicted molar refractivity (Wildman–Crippen MR) is 47.6 cm³/mol. The molecule has 0 aliphatic carbocycles. The summed E-state index contributed by atoms with van der Waals surface area (Å²) in [5.74, 6) is 0. The summed E-state index contributed by atoms with van der Waals surface area (Å²) in [5, 5.41) is 3.77. The van der Waals surface area contributed by atoms with E-state index in [9.17, 15) is 0 Å². The Morgan fingerprint density at radius 1 is 1.00 bits per heavy atom. The molecule has 10 heavy (non-hydrogen) atoms. The third-order valence-corrected chi connectivity index (χ3v) is 2.93. The number of hydrogen-bond donors (Lipinski definition) is 0. The van der Waals surface area contributed by atoms with E-state index >= 15 is 0 Å². The van der Waals surface area contributed by atoms with Crippen molar-refractivity contribution in [2.75, 3.05) is 0 Å². The van der Waals surface area contributed by atoms with Gasteiger partial charge in [0.1, 0.15) is 0 Å². The first-order chi connectivity index (χ1) is 5.79. The third kappa shape index (κ3) is 1.00. The van der Waals surface area contributed by atoms with Gasteiger partial charge in [0.15, 0.2) is 0 Å². The molecule has 0 unspecified atom stereocenters. The minimum atomic E-state index is 0.524. The fourth-order valence-corrected chi connectivity index (χ4v) is 2.17. The molecule has 2 aromatic heterocycles. The molecule has 2 heterocycles. The van der Waals surface area contributed by atoms with E-state index in [-0.39, 0.29) is 0 Å². The number of thiophene rings is 2. The fraction of sp³-hybridized carbons (Fsp3) is 0. The Morgan fingerprint density at radius 3 is 1.80 bits per heavy atom. The van der Waals surface area contributed by atoms with Gasteiger partial charge in [-0.25, -0.2) is 0 Å².